The van der Waals surface area contributed by atoms with Gasteiger partial charge in [-0.15, -0.1) is 22.7 Å². The predicted molar refractivity (Wildman–Crippen MR) is 102 cm³/mol. The summed E-state index contributed by atoms with van der Waals surface area (Å²) in [5.74, 6) is -0.613. The molecule has 4 aromatic rings. The Balaban J connectivity index is 1.71. The summed E-state index contributed by atoms with van der Waals surface area (Å²) in [4.78, 5) is 34.2. The summed E-state index contributed by atoms with van der Waals surface area (Å²) in [5.41, 5.74) is 0.445. The van der Waals surface area contributed by atoms with Crippen LogP contribution in [0.15, 0.2) is 63.4 Å². The average Bonchev–Trinajstić information content (AvgIpc) is 3.27. The van der Waals surface area contributed by atoms with E-state index in [1.54, 1.807) is 11.6 Å². The molecule has 130 valence electrons. The maximum absolute atomic E-state index is 12.5. The molecular formula is C17H11ClN4O2S2. The number of amides is 1. The maximum Gasteiger partial charge on any atom is 0.286 e. The highest BCUT2D eigenvalue weighted by Gasteiger charge is 2.13. The first-order chi connectivity index (χ1) is 12.6. The second-order valence-corrected chi connectivity index (χ2v) is 7.51. The minimum atomic E-state index is -0.613. The number of rotatable bonds is 3. The molecule has 0 saturated carbocycles. The predicted octanol–water partition coefficient (Wildman–Crippen LogP) is 3.06. The van der Waals surface area contributed by atoms with Crippen LogP contribution in [-0.4, -0.2) is 19.9 Å². The summed E-state index contributed by atoms with van der Waals surface area (Å²) in [6.45, 7) is 0.482. The number of carbonyl (C=O) groups is 1. The fraction of sp³-hybridized carbons (Fsp3) is 0.0588. The summed E-state index contributed by atoms with van der Waals surface area (Å²) in [6, 6.07) is 7.49. The number of hydrogen-bond acceptors (Lipinski definition) is 5. The van der Waals surface area contributed by atoms with Gasteiger partial charge in [-0.2, -0.15) is 4.99 Å². The summed E-state index contributed by atoms with van der Waals surface area (Å²) < 4.78 is 3.16. The van der Waals surface area contributed by atoms with Crippen LogP contribution in [0, 0.1) is 0 Å². The van der Waals surface area contributed by atoms with E-state index in [1.807, 2.05) is 40.4 Å². The number of carbonyl (C=O) groups excluding carboxylic acids is 1. The molecule has 0 aliphatic rings. The van der Waals surface area contributed by atoms with Crippen LogP contribution in [-0.2, 0) is 6.54 Å². The maximum atomic E-state index is 12.5. The molecule has 0 spiro atoms. The highest BCUT2D eigenvalue weighted by molar-refractivity contribution is 7.15. The Morgan fingerprint density at radius 1 is 1.19 bits per heavy atom. The Bertz CT molecular complexity index is 1240. The van der Waals surface area contributed by atoms with Crippen LogP contribution in [0.2, 0.25) is 5.02 Å². The van der Waals surface area contributed by atoms with Crippen molar-refractivity contribution in [2.45, 2.75) is 6.54 Å². The number of thiazole rings is 2. The molecule has 3 heterocycles. The van der Waals surface area contributed by atoms with Crippen LogP contribution in [0.25, 0.3) is 4.96 Å². The van der Waals surface area contributed by atoms with Crippen molar-refractivity contribution in [1.82, 2.24) is 14.0 Å². The van der Waals surface area contributed by atoms with Gasteiger partial charge in [0.15, 0.2) is 9.76 Å². The largest absolute Gasteiger partial charge is 0.319 e. The lowest BCUT2D eigenvalue weighted by atomic mass is 10.2. The van der Waals surface area contributed by atoms with Gasteiger partial charge < -0.3 is 4.57 Å². The summed E-state index contributed by atoms with van der Waals surface area (Å²) in [6.07, 6.45) is 4.70. The van der Waals surface area contributed by atoms with Gasteiger partial charge in [0.25, 0.3) is 11.5 Å². The van der Waals surface area contributed by atoms with E-state index < -0.39 is 11.5 Å². The van der Waals surface area contributed by atoms with Crippen LogP contribution < -0.4 is 10.4 Å². The lowest BCUT2D eigenvalue weighted by Gasteiger charge is -2.05. The van der Waals surface area contributed by atoms with Crippen LogP contribution in [0.1, 0.15) is 15.9 Å². The summed E-state index contributed by atoms with van der Waals surface area (Å²) in [5, 5.41) is 4.22. The van der Waals surface area contributed by atoms with Gasteiger partial charge in [-0.25, -0.2) is 4.98 Å². The highest BCUT2D eigenvalue weighted by atomic mass is 35.5. The van der Waals surface area contributed by atoms with Gasteiger partial charge in [0, 0.05) is 34.4 Å². The molecule has 26 heavy (non-hydrogen) atoms. The van der Waals surface area contributed by atoms with Crippen molar-refractivity contribution in [2.24, 2.45) is 4.99 Å². The van der Waals surface area contributed by atoms with E-state index in [2.05, 4.69) is 9.98 Å². The molecule has 0 radical (unpaired) electrons. The van der Waals surface area contributed by atoms with Crippen molar-refractivity contribution in [3.63, 3.8) is 0 Å². The Kier molecular flexibility index (Phi) is 4.54. The van der Waals surface area contributed by atoms with Gasteiger partial charge in [0.2, 0.25) is 0 Å². The zero-order valence-corrected chi connectivity index (χ0v) is 15.6. The van der Waals surface area contributed by atoms with Crippen molar-refractivity contribution in [3.8, 4) is 0 Å². The molecule has 0 fully saturated rings. The molecule has 0 aliphatic heterocycles. The zero-order valence-electron chi connectivity index (χ0n) is 13.2. The fourth-order valence-corrected chi connectivity index (χ4v) is 4.03. The van der Waals surface area contributed by atoms with Gasteiger partial charge in [0.1, 0.15) is 5.56 Å². The Morgan fingerprint density at radius 2 is 2.00 bits per heavy atom. The van der Waals surface area contributed by atoms with E-state index in [-0.39, 0.29) is 5.56 Å². The van der Waals surface area contributed by atoms with Crippen molar-refractivity contribution >= 4 is 45.1 Å². The molecule has 1 amide bonds. The van der Waals surface area contributed by atoms with E-state index in [9.17, 15) is 9.59 Å². The lowest BCUT2D eigenvalue weighted by Crippen LogP contribution is -2.23. The van der Waals surface area contributed by atoms with Crippen molar-refractivity contribution in [1.29, 1.82) is 0 Å². The molecule has 0 N–H and O–H groups in total. The topological polar surface area (TPSA) is 68.7 Å². The van der Waals surface area contributed by atoms with E-state index >= 15 is 0 Å². The zero-order chi connectivity index (χ0) is 18.1. The third-order valence-corrected chi connectivity index (χ3v) is 5.66. The van der Waals surface area contributed by atoms with Crippen molar-refractivity contribution < 1.29 is 4.79 Å². The standard InChI is InChI=1S/C17H11ClN4O2S2/c18-13-4-2-1-3-11(13)10-21-5-7-26-17(21)20-14(23)12-9-19-16-22(15(12)24)6-8-25-16/h1-9H,10H2. The van der Waals surface area contributed by atoms with Gasteiger partial charge in [-0.3, -0.25) is 14.0 Å². The lowest BCUT2D eigenvalue weighted by molar-refractivity contribution is 0.0996. The second kappa shape index (κ2) is 6.99. The molecule has 0 bridgehead atoms. The first kappa shape index (κ1) is 16.9. The number of benzene rings is 1. The summed E-state index contributed by atoms with van der Waals surface area (Å²) in [7, 11) is 0. The minimum absolute atomic E-state index is 0.0569. The smallest absolute Gasteiger partial charge is 0.286 e. The van der Waals surface area contributed by atoms with E-state index in [1.165, 1.54) is 33.3 Å². The Morgan fingerprint density at radius 3 is 2.85 bits per heavy atom. The van der Waals surface area contributed by atoms with E-state index in [4.69, 9.17) is 11.6 Å². The van der Waals surface area contributed by atoms with Crippen LogP contribution in [0.3, 0.4) is 0 Å². The Hall–Kier alpha value is -2.55. The monoisotopic (exact) mass is 402 g/mol. The number of aromatic nitrogens is 3. The molecule has 0 saturated heterocycles. The molecule has 6 nitrogen and oxygen atoms in total. The molecule has 3 aromatic heterocycles. The average molecular weight is 403 g/mol. The molecule has 0 atom stereocenters. The molecule has 1 aromatic carbocycles. The minimum Gasteiger partial charge on any atom is -0.319 e. The van der Waals surface area contributed by atoms with Gasteiger partial charge >= 0.3 is 0 Å². The number of halogens is 1. The van der Waals surface area contributed by atoms with Gasteiger partial charge in [0.05, 0.1) is 6.54 Å². The van der Waals surface area contributed by atoms with Crippen molar-refractivity contribution in [3.05, 3.63) is 84.9 Å². The van der Waals surface area contributed by atoms with E-state index in [0.29, 0.717) is 21.3 Å². The van der Waals surface area contributed by atoms with E-state index in [0.717, 1.165) is 5.56 Å². The molecular weight excluding hydrogens is 392 g/mol. The highest BCUT2D eigenvalue weighted by Crippen LogP contribution is 2.15. The van der Waals surface area contributed by atoms with Crippen LogP contribution >= 0.6 is 34.3 Å². The molecule has 0 aliphatic carbocycles. The molecule has 4 rings (SSSR count). The SMILES string of the molecule is O=C(N=c1sccn1Cc1ccccc1Cl)c1cnc2sccn2c1=O. The van der Waals surface area contributed by atoms with Crippen LogP contribution in [0.5, 0.6) is 0 Å². The van der Waals surface area contributed by atoms with Gasteiger partial charge in [-0.1, -0.05) is 29.8 Å². The fourth-order valence-electron chi connectivity index (χ4n) is 2.44. The molecule has 9 heteroatoms. The third kappa shape index (κ3) is 3.14. The Labute approximate surface area is 160 Å². The molecule has 0 unspecified atom stereocenters. The number of fused-ring (bicyclic) bond motifs is 1. The number of nitrogens with zero attached hydrogens (tertiary/aromatic N) is 4. The van der Waals surface area contributed by atoms with Crippen molar-refractivity contribution in [2.75, 3.05) is 0 Å². The normalized spacial score (nSPS) is 12.0. The third-order valence-electron chi connectivity index (χ3n) is 3.73. The first-order valence-electron chi connectivity index (χ1n) is 7.55. The first-order valence-corrected chi connectivity index (χ1v) is 9.68. The summed E-state index contributed by atoms with van der Waals surface area (Å²) >= 11 is 8.84. The quantitative estimate of drug-likeness (QED) is 0.529. The number of hydrogen-bond donors (Lipinski definition) is 0. The van der Waals surface area contributed by atoms with Crippen LogP contribution in [0.4, 0.5) is 0 Å². The van der Waals surface area contributed by atoms with Gasteiger partial charge in [-0.05, 0) is 11.6 Å². The second-order valence-electron chi connectivity index (χ2n) is 5.35.